The fourth-order valence-corrected chi connectivity index (χ4v) is 8.41. The second kappa shape index (κ2) is 11.8. The molecule has 2 aliphatic heterocycles. The molecule has 4 heteroatoms. The zero-order valence-corrected chi connectivity index (χ0v) is 28.3. The molecule has 0 atom stereocenters. The van der Waals surface area contributed by atoms with Gasteiger partial charge in [0.25, 0.3) is 6.71 Å². The first-order chi connectivity index (χ1) is 25.3. The number of rotatable bonds is 5. The maximum atomic E-state index is 2.56. The average Bonchev–Trinajstić information content (AvgIpc) is 3.55. The number of hydrogen-bond acceptors (Lipinski definition) is 2. The van der Waals surface area contributed by atoms with Gasteiger partial charge in [0.15, 0.2) is 0 Å². The van der Waals surface area contributed by atoms with Crippen LogP contribution in [0.5, 0.6) is 0 Å². The van der Waals surface area contributed by atoms with Crippen LogP contribution < -0.4 is 26.3 Å². The van der Waals surface area contributed by atoms with E-state index in [-0.39, 0.29) is 6.71 Å². The Hall–Kier alpha value is -6.52. The molecule has 2 aliphatic rings. The zero-order valence-electron chi connectivity index (χ0n) is 28.3. The third kappa shape index (κ3) is 4.53. The van der Waals surface area contributed by atoms with E-state index < -0.39 is 0 Å². The van der Waals surface area contributed by atoms with Gasteiger partial charge in [-0.1, -0.05) is 133 Å². The van der Waals surface area contributed by atoms with E-state index in [0.717, 1.165) is 17.1 Å². The van der Waals surface area contributed by atoms with Gasteiger partial charge in [0, 0.05) is 45.3 Å². The summed E-state index contributed by atoms with van der Waals surface area (Å²) in [5.74, 6) is 0. The third-order valence-corrected chi connectivity index (χ3v) is 10.4. The normalized spacial score (nSPS) is 12.7. The first-order valence-corrected chi connectivity index (χ1v) is 17.7. The minimum absolute atomic E-state index is 0.0399. The highest BCUT2D eigenvalue weighted by atomic mass is 15.2. The van der Waals surface area contributed by atoms with E-state index in [1.807, 2.05) is 0 Å². The molecule has 0 radical (unpaired) electrons. The van der Waals surface area contributed by atoms with E-state index >= 15 is 0 Å². The van der Waals surface area contributed by atoms with Crippen molar-refractivity contribution in [1.82, 2.24) is 4.57 Å². The van der Waals surface area contributed by atoms with Crippen LogP contribution in [0.1, 0.15) is 5.56 Å². The van der Waals surface area contributed by atoms with Crippen molar-refractivity contribution >= 4 is 57.4 Å². The van der Waals surface area contributed by atoms with Crippen molar-refractivity contribution < 1.29 is 0 Å². The highest BCUT2D eigenvalue weighted by molar-refractivity contribution is 7.00. The number of benzene rings is 7. The smallest absolute Gasteiger partial charge is 0.273 e. The summed E-state index contributed by atoms with van der Waals surface area (Å²) in [5, 5.41) is 0. The van der Waals surface area contributed by atoms with Gasteiger partial charge in [-0.05, 0) is 89.1 Å². The Kier molecular flexibility index (Phi) is 6.82. The van der Waals surface area contributed by atoms with E-state index in [9.17, 15) is 0 Å². The maximum absolute atomic E-state index is 2.56. The summed E-state index contributed by atoms with van der Waals surface area (Å²) < 4.78 is 2.56. The minimum atomic E-state index is -0.0399. The van der Waals surface area contributed by atoms with Crippen LogP contribution in [0.3, 0.4) is 0 Å². The van der Waals surface area contributed by atoms with Gasteiger partial charge in [0.1, 0.15) is 0 Å². The molecule has 0 saturated heterocycles. The number of fused-ring (bicyclic) bond motifs is 4. The number of hydrogen-bond donors (Lipinski definition) is 0. The van der Waals surface area contributed by atoms with Gasteiger partial charge < -0.3 is 14.4 Å². The molecule has 0 spiro atoms. The van der Waals surface area contributed by atoms with Crippen LogP contribution in [0.15, 0.2) is 188 Å². The lowest BCUT2D eigenvalue weighted by Crippen LogP contribution is -2.63. The molecule has 8 aromatic rings. The molecule has 0 saturated carbocycles. The van der Waals surface area contributed by atoms with Gasteiger partial charge in [-0.15, -0.1) is 0 Å². The molecule has 3 heterocycles. The molecule has 0 fully saturated rings. The van der Waals surface area contributed by atoms with Crippen LogP contribution in [0, 0.1) is 6.92 Å². The summed E-state index contributed by atoms with van der Waals surface area (Å²) in [4.78, 5) is 5.01. The van der Waals surface area contributed by atoms with Gasteiger partial charge in [-0.25, -0.2) is 0 Å². The largest absolute Gasteiger partial charge is 0.319 e. The standard InChI is InChI=1S/C47H34BN3/c1-33-31-41-44-42(32-33)50(37-25-13-5-14-26-37)46-43(34-19-7-2-8-20-34)45(35-21-9-3-10-22-35)51(38-27-15-6-16-28-38)47(46)48(44)39-29-17-18-30-40(39)49(41)36-23-11-4-12-24-36/h2-32H,1H3. The Bertz CT molecular complexity index is 2530. The maximum Gasteiger partial charge on any atom is 0.273 e. The first kappa shape index (κ1) is 29.4. The molecule has 240 valence electrons. The van der Waals surface area contributed by atoms with Crippen molar-refractivity contribution in [2.45, 2.75) is 6.92 Å². The van der Waals surface area contributed by atoms with E-state index in [2.05, 4.69) is 209 Å². The Morgan fingerprint density at radius 1 is 0.431 bits per heavy atom. The van der Waals surface area contributed by atoms with Gasteiger partial charge in [0.05, 0.1) is 11.4 Å². The van der Waals surface area contributed by atoms with Crippen molar-refractivity contribution in [2.24, 2.45) is 0 Å². The van der Waals surface area contributed by atoms with Crippen molar-refractivity contribution in [2.75, 3.05) is 9.80 Å². The molecule has 10 rings (SSSR count). The summed E-state index contributed by atoms with van der Waals surface area (Å²) in [6.07, 6.45) is 0. The topological polar surface area (TPSA) is 11.4 Å². The van der Waals surface area contributed by atoms with Crippen LogP contribution >= 0.6 is 0 Å². The summed E-state index contributed by atoms with van der Waals surface area (Å²) >= 11 is 0. The lowest BCUT2D eigenvalue weighted by atomic mass is 9.34. The minimum Gasteiger partial charge on any atom is -0.319 e. The monoisotopic (exact) mass is 651 g/mol. The van der Waals surface area contributed by atoms with Crippen LogP contribution in [-0.4, -0.2) is 11.3 Å². The van der Waals surface area contributed by atoms with E-state index in [4.69, 9.17) is 0 Å². The van der Waals surface area contributed by atoms with Crippen LogP contribution in [0.25, 0.3) is 28.1 Å². The zero-order chi connectivity index (χ0) is 33.9. The molecule has 7 aromatic carbocycles. The molecule has 1 aromatic heterocycles. The van der Waals surface area contributed by atoms with Crippen LogP contribution in [0.2, 0.25) is 0 Å². The van der Waals surface area contributed by atoms with Crippen LogP contribution in [0.4, 0.5) is 34.1 Å². The Morgan fingerprint density at radius 2 is 0.902 bits per heavy atom. The molecule has 51 heavy (non-hydrogen) atoms. The summed E-state index contributed by atoms with van der Waals surface area (Å²) in [6, 6.07) is 68.4. The molecular weight excluding hydrogens is 617 g/mol. The SMILES string of the molecule is Cc1cc2c3c(c1)N(c1ccccc1)c1c(-c4ccccc4)c(-c4ccccc4)n(-c4ccccc4)c1B3c1ccccc1N2c1ccccc1. The average molecular weight is 652 g/mol. The Morgan fingerprint density at radius 3 is 1.51 bits per heavy atom. The van der Waals surface area contributed by atoms with Gasteiger partial charge in [0.2, 0.25) is 0 Å². The quantitative estimate of drug-likeness (QED) is 0.172. The van der Waals surface area contributed by atoms with Crippen molar-refractivity contribution in [3.8, 4) is 28.1 Å². The molecule has 0 N–H and O–H groups in total. The third-order valence-electron chi connectivity index (χ3n) is 10.4. The van der Waals surface area contributed by atoms with Gasteiger partial charge in [-0.3, -0.25) is 0 Å². The number of anilines is 6. The number of nitrogens with zero attached hydrogens (tertiary/aromatic N) is 3. The van der Waals surface area contributed by atoms with Gasteiger partial charge >= 0.3 is 0 Å². The van der Waals surface area contributed by atoms with Crippen molar-refractivity contribution in [3.63, 3.8) is 0 Å². The fourth-order valence-electron chi connectivity index (χ4n) is 8.41. The molecule has 0 aliphatic carbocycles. The molecule has 0 amide bonds. The summed E-state index contributed by atoms with van der Waals surface area (Å²) in [6.45, 7) is 2.19. The highest BCUT2D eigenvalue weighted by Gasteiger charge is 2.47. The highest BCUT2D eigenvalue weighted by Crippen LogP contribution is 2.51. The predicted molar refractivity (Wildman–Crippen MR) is 215 cm³/mol. The fraction of sp³-hybridized carbons (Fsp3) is 0.0213. The van der Waals surface area contributed by atoms with Crippen molar-refractivity contribution in [1.29, 1.82) is 0 Å². The lowest BCUT2D eigenvalue weighted by molar-refractivity contribution is 1.11. The number of aromatic nitrogens is 1. The molecule has 0 bridgehead atoms. The number of para-hydroxylation sites is 4. The molecule has 3 nitrogen and oxygen atoms in total. The first-order valence-electron chi connectivity index (χ1n) is 17.7. The Labute approximate surface area is 299 Å². The van der Waals surface area contributed by atoms with Gasteiger partial charge in [-0.2, -0.15) is 0 Å². The lowest BCUT2D eigenvalue weighted by Gasteiger charge is -2.44. The van der Waals surface area contributed by atoms with E-state index in [1.54, 1.807) is 0 Å². The van der Waals surface area contributed by atoms with Crippen LogP contribution in [-0.2, 0) is 0 Å². The Balaban J connectivity index is 1.44. The van der Waals surface area contributed by atoms with E-state index in [0.29, 0.717) is 0 Å². The summed E-state index contributed by atoms with van der Waals surface area (Å²) in [7, 11) is 0. The van der Waals surface area contributed by atoms with E-state index in [1.165, 1.54) is 67.2 Å². The second-order valence-electron chi connectivity index (χ2n) is 13.4. The van der Waals surface area contributed by atoms with Crippen molar-refractivity contribution in [3.05, 3.63) is 194 Å². The second-order valence-corrected chi connectivity index (χ2v) is 13.4. The predicted octanol–water partition coefficient (Wildman–Crippen LogP) is 10.2. The molecular formula is C47H34BN3. The summed E-state index contributed by atoms with van der Waals surface area (Å²) in [5.41, 5.74) is 18.2. The molecule has 0 unspecified atom stereocenters. The number of aryl methyl sites for hydroxylation is 1.